The molecule has 0 fully saturated rings. The Balaban J connectivity index is 1.83. The van der Waals surface area contributed by atoms with Crippen LogP contribution in [-0.4, -0.2) is 30.8 Å². The van der Waals surface area contributed by atoms with Crippen LogP contribution in [0.4, 0.5) is 0 Å². The fourth-order valence-electron chi connectivity index (χ4n) is 3.00. The number of hydrogen-bond donors (Lipinski definition) is 2. The number of aliphatic imine (C=N–C) groups is 1. The average molecular weight is 342 g/mol. The normalized spacial score (nSPS) is 12.9. The molecular formula is C20H30N4O. The summed E-state index contributed by atoms with van der Waals surface area (Å²) in [5, 5.41) is 10.8. The van der Waals surface area contributed by atoms with Gasteiger partial charge in [0.2, 0.25) is 0 Å². The fourth-order valence-corrected chi connectivity index (χ4v) is 3.00. The molecule has 0 saturated carbocycles. The van der Waals surface area contributed by atoms with E-state index in [1.54, 1.807) is 0 Å². The maximum atomic E-state index is 5.26. The van der Waals surface area contributed by atoms with E-state index in [1.165, 1.54) is 11.1 Å². The summed E-state index contributed by atoms with van der Waals surface area (Å²) >= 11 is 0. The third-order valence-corrected chi connectivity index (χ3v) is 4.23. The molecule has 1 unspecified atom stereocenters. The van der Waals surface area contributed by atoms with E-state index in [4.69, 9.17) is 9.52 Å². The molecule has 1 aromatic carbocycles. The molecule has 1 aromatic heterocycles. The van der Waals surface area contributed by atoms with Crippen molar-refractivity contribution in [1.82, 2.24) is 15.8 Å². The van der Waals surface area contributed by atoms with E-state index in [2.05, 4.69) is 60.0 Å². The molecule has 5 nitrogen and oxygen atoms in total. The molecule has 1 atom stereocenters. The van der Waals surface area contributed by atoms with Crippen molar-refractivity contribution < 1.29 is 4.52 Å². The van der Waals surface area contributed by atoms with Crippen molar-refractivity contribution in [2.75, 3.05) is 19.6 Å². The second-order valence-corrected chi connectivity index (χ2v) is 6.37. The summed E-state index contributed by atoms with van der Waals surface area (Å²) in [6, 6.07) is 10.6. The number of aryl methyl sites for hydroxylation is 3. The first-order valence-electron chi connectivity index (χ1n) is 9.10. The molecule has 0 amide bonds. The lowest BCUT2D eigenvalue weighted by atomic mass is 10.00. The van der Waals surface area contributed by atoms with E-state index in [-0.39, 0.29) is 5.92 Å². The molecule has 25 heavy (non-hydrogen) atoms. The molecule has 136 valence electrons. The van der Waals surface area contributed by atoms with Gasteiger partial charge in [0.05, 0.1) is 5.69 Å². The van der Waals surface area contributed by atoms with Gasteiger partial charge in [-0.05, 0) is 39.2 Å². The smallest absolute Gasteiger partial charge is 0.191 e. The Morgan fingerprint density at radius 3 is 2.60 bits per heavy atom. The Morgan fingerprint density at radius 1 is 1.20 bits per heavy atom. The van der Waals surface area contributed by atoms with E-state index in [0.717, 1.165) is 43.3 Å². The Labute approximate surface area is 150 Å². The molecule has 0 radical (unpaired) electrons. The molecule has 0 saturated heterocycles. The lowest BCUT2D eigenvalue weighted by Crippen LogP contribution is -2.38. The second kappa shape index (κ2) is 9.87. The van der Waals surface area contributed by atoms with Crippen LogP contribution < -0.4 is 10.6 Å². The third-order valence-electron chi connectivity index (χ3n) is 4.23. The van der Waals surface area contributed by atoms with Crippen LogP contribution in [0.5, 0.6) is 0 Å². The predicted molar refractivity (Wildman–Crippen MR) is 103 cm³/mol. The maximum Gasteiger partial charge on any atom is 0.191 e. The first kappa shape index (κ1) is 19.0. The summed E-state index contributed by atoms with van der Waals surface area (Å²) in [4.78, 5) is 4.72. The number of hydrogen-bond acceptors (Lipinski definition) is 3. The first-order valence-corrected chi connectivity index (χ1v) is 9.10. The summed E-state index contributed by atoms with van der Waals surface area (Å²) in [6.45, 7) is 10.6. The minimum atomic E-state index is 0.283. The quantitative estimate of drug-likeness (QED) is 0.437. The lowest BCUT2D eigenvalue weighted by Gasteiger charge is -2.13. The molecule has 0 aliphatic heterocycles. The van der Waals surface area contributed by atoms with E-state index >= 15 is 0 Å². The zero-order valence-electron chi connectivity index (χ0n) is 15.8. The molecule has 0 bridgehead atoms. The van der Waals surface area contributed by atoms with E-state index in [9.17, 15) is 0 Å². The van der Waals surface area contributed by atoms with Crippen LogP contribution in [0.1, 0.15) is 48.8 Å². The molecule has 0 aliphatic rings. The molecule has 0 aliphatic carbocycles. The van der Waals surface area contributed by atoms with Crippen molar-refractivity contribution >= 4 is 5.96 Å². The summed E-state index contributed by atoms with van der Waals surface area (Å²) in [5.41, 5.74) is 3.50. The van der Waals surface area contributed by atoms with Gasteiger partial charge < -0.3 is 15.2 Å². The van der Waals surface area contributed by atoms with Crippen LogP contribution in [0, 0.1) is 13.8 Å². The van der Waals surface area contributed by atoms with Gasteiger partial charge in [-0.25, -0.2) is 0 Å². The number of benzene rings is 1. The number of rotatable bonds is 8. The number of aromatic nitrogens is 1. The van der Waals surface area contributed by atoms with Gasteiger partial charge in [0.25, 0.3) is 0 Å². The van der Waals surface area contributed by atoms with Gasteiger partial charge in [-0.15, -0.1) is 0 Å². The second-order valence-electron chi connectivity index (χ2n) is 6.37. The SMILES string of the molecule is CCNC(=NCC(C)c1c(C)noc1C)NCCCc1ccccc1. The zero-order valence-corrected chi connectivity index (χ0v) is 15.8. The van der Waals surface area contributed by atoms with E-state index in [0.29, 0.717) is 6.54 Å². The highest BCUT2D eigenvalue weighted by molar-refractivity contribution is 5.79. The molecular weight excluding hydrogens is 312 g/mol. The molecule has 2 rings (SSSR count). The van der Waals surface area contributed by atoms with Gasteiger partial charge in [-0.1, -0.05) is 42.4 Å². The van der Waals surface area contributed by atoms with Gasteiger partial charge in [0, 0.05) is 31.1 Å². The first-order chi connectivity index (χ1) is 12.1. The van der Waals surface area contributed by atoms with Crippen molar-refractivity contribution in [3.05, 3.63) is 52.9 Å². The van der Waals surface area contributed by atoms with Gasteiger partial charge >= 0.3 is 0 Å². The predicted octanol–water partition coefficient (Wildman–Crippen LogP) is 3.58. The largest absolute Gasteiger partial charge is 0.361 e. The standard InChI is InChI=1S/C20H30N4O/c1-5-21-20(22-13-9-12-18-10-7-6-8-11-18)23-14-15(2)19-16(3)24-25-17(19)4/h6-8,10-11,15H,5,9,12-14H2,1-4H3,(H2,21,22,23). The average Bonchev–Trinajstić information content (AvgIpc) is 2.95. The Bertz CT molecular complexity index is 644. The topological polar surface area (TPSA) is 62.5 Å². The van der Waals surface area contributed by atoms with Crippen LogP contribution >= 0.6 is 0 Å². The summed E-state index contributed by atoms with van der Waals surface area (Å²) in [7, 11) is 0. The molecule has 1 heterocycles. The van der Waals surface area contributed by atoms with Crippen LogP contribution in [0.25, 0.3) is 0 Å². The number of nitrogens with one attached hydrogen (secondary N) is 2. The van der Waals surface area contributed by atoms with Gasteiger partial charge in [-0.3, -0.25) is 4.99 Å². The summed E-state index contributed by atoms with van der Waals surface area (Å²) < 4.78 is 5.26. The number of guanidine groups is 1. The van der Waals surface area contributed by atoms with E-state index in [1.807, 2.05) is 13.8 Å². The fraction of sp³-hybridized carbons (Fsp3) is 0.500. The van der Waals surface area contributed by atoms with Crippen LogP contribution in [0.15, 0.2) is 39.8 Å². The van der Waals surface area contributed by atoms with Crippen LogP contribution in [0.2, 0.25) is 0 Å². The highest BCUT2D eigenvalue weighted by Gasteiger charge is 2.16. The van der Waals surface area contributed by atoms with Crippen molar-refractivity contribution in [2.45, 2.75) is 46.5 Å². The third kappa shape index (κ3) is 5.93. The highest BCUT2D eigenvalue weighted by atomic mass is 16.5. The van der Waals surface area contributed by atoms with Crippen molar-refractivity contribution in [1.29, 1.82) is 0 Å². The zero-order chi connectivity index (χ0) is 18.1. The minimum absolute atomic E-state index is 0.283. The van der Waals surface area contributed by atoms with Gasteiger partial charge in [-0.2, -0.15) is 0 Å². The Hall–Kier alpha value is -2.30. The van der Waals surface area contributed by atoms with Crippen LogP contribution in [-0.2, 0) is 6.42 Å². The molecule has 5 heteroatoms. The summed E-state index contributed by atoms with van der Waals surface area (Å²) in [5.74, 6) is 2.04. The Morgan fingerprint density at radius 2 is 1.96 bits per heavy atom. The van der Waals surface area contributed by atoms with Gasteiger partial charge in [0.1, 0.15) is 5.76 Å². The van der Waals surface area contributed by atoms with Crippen molar-refractivity contribution in [2.24, 2.45) is 4.99 Å². The van der Waals surface area contributed by atoms with Crippen molar-refractivity contribution in [3.8, 4) is 0 Å². The monoisotopic (exact) mass is 342 g/mol. The molecule has 2 N–H and O–H groups in total. The van der Waals surface area contributed by atoms with Crippen LogP contribution in [0.3, 0.4) is 0 Å². The molecule has 0 spiro atoms. The summed E-state index contributed by atoms with van der Waals surface area (Å²) in [6.07, 6.45) is 2.15. The molecule has 2 aromatic rings. The Kier molecular flexibility index (Phi) is 7.51. The van der Waals surface area contributed by atoms with Crippen molar-refractivity contribution in [3.63, 3.8) is 0 Å². The number of nitrogens with zero attached hydrogens (tertiary/aromatic N) is 2. The lowest BCUT2D eigenvalue weighted by molar-refractivity contribution is 0.391. The highest BCUT2D eigenvalue weighted by Crippen LogP contribution is 2.23. The maximum absolute atomic E-state index is 5.26. The minimum Gasteiger partial charge on any atom is -0.361 e. The van der Waals surface area contributed by atoms with E-state index < -0.39 is 0 Å². The van der Waals surface area contributed by atoms with Gasteiger partial charge in [0.15, 0.2) is 5.96 Å².